The number of ether oxygens (including phenoxy) is 1. The van der Waals surface area contributed by atoms with Crippen molar-refractivity contribution in [1.82, 2.24) is 4.90 Å². The molecule has 2 aliphatic heterocycles. The third kappa shape index (κ3) is 2.70. The number of amides is 1. The van der Waals surface area contributed by atoms with Crippen LogP contribution in [0.5, 0.6) is 0 Å². The van der Waals surface area contributed by atoms with Crippen molar-refractivity contribution in [2.24, 2.45) is 0 Å². The summed E-state index contributed by atoms with van der Waals surface area (Å²) >= 11 is 12.0. The highest BCUT2D eigenvalue weighted by atomic mass is 35.5. The highest BCUT2D eigenvalue weighted by Crippen LogP contribution is 2.44. The first kappa shape index (κ1) is 16.4. The number of fused-ring (bicyclic) bond motifs is 2. The minimum absolute atomic E-state index is 0.130. The fourth-order valence-electron chi connectivity index (χ4n) is 3.62. The number of carbonyl (C=O) groups excluding carboxylic acids is 2. The zero-order chi connectivity index (χ0) is 17.6. The molecule has 4 rings (SSSR count). The third-order valence-corrected chi connectivity index (χ3v) is 5.49. The minimum atomic E-state index is -0.617. The number of hydrogen-bond donors (Lipinski definition) is 0. The summed E-state index contributed by atoms with van der Waals surface area (Å²) in [5.74, 6) is -0.412. The van der Waals surface area contributed by atoms with Gasteiger partial charge in [0.25, 0.3) is 5.91 Å². The van der Waals surface area contributed by atoms with Gasteiger partial charge in [-0.1, -0.05) is 41.4 Å². The summed E-state index contributed by atoms with van der Waals surface area (Å²) in [4.78, 5) is 26.6. The number of benzene rings is 2. The van der Waals surface area contributed by atoms with Crippen LogP contribution < -0.4 is 0 Å². The lowest BCUT2D eigenvalue weighted by atomic mass is 9.83. The average Bonchev–Trinajstić information content (AvgIpc) is 2.88. The fraction of sp³-hybridized carbons (Fsp3) is 0.263. The maximum atomic E-state index is 12.7. The Morgan fingerprint density at radius 1 is 1.08 bits per heavy atom. The second kappa shape index (κ2) is 6.04. The largest absolute Gasteiger partial charge is 0.450 e. The van der Waals surface area contributed by atoms with E-state index < -0.39 is 5.60 Å². The van der Waals surface area contributed by atoms with Crippen LogP contribution in [-0.2, 0) is 10.3 Å². The van der Waals surface area contributed by atoms with Gasteiger partial charge >= 0.3 is 5.97 Å². The van der Waals surface area contributed by atoms with Crippen LogP contribution in [-0.4, -0.2) is 29.9 Å². The van der Waals surface area contributed by atoms with E-state index in [1.807, 2.05) is 18.2 Å². The summed E-state index contributed by atoms with van der Waals surface area (Å²) in [6, 6.07) is 12.3. The number of halogens is 2. The maximum absolute atomic E-state index is 12.7. The SMILES string of the molecule is O=C1OC2(CCN(C(=O)c3ccc(Cl)cc3Cl)CC2)c2ccccc21. The Labute approximate surface area is 155 Å². The zero-order valence-corrected chi connectivity index (χ0v) is 14.8. The topological polar surface area (TPSA) is 46.6 Å². The van der Waals surface area contributed by atoms with Gasteiger partial charge in [-0.05, 0) is 24.3 Å². The van der Waals surface area contributed by atoms with Gasteiger partial charge in [-0.15, -0.1) is 0 Å². The van der Waals surface area contributed by atoms with E-state index in [-0.39, 0.29) is 11.9 Å². The van der Waals surface area contributed by atoms with Gasteiger partial charge in [-0.2, -0.15) is 0 Å². The van der Waals surface area contributed by atoms with Crippen LogP contribution in [0.15, 0.2) is 42.5 Å². The van der Waals surface area contributed by atoms with Gasteiger partial charge < -0.3 is 9.64 Å². The number of nitrogens with zero attached hydrogens (tertiary/aromatic N) is 1. The highest BCUT2D eigenvalue weighted by Gasteiger charge is 2.47. The van der Waals surface area contributed by atoms with Gasteiger partial charge in [-0.3, -0.25) is 4.79 Å². The smallest absolute Gasteiger partial charge is 0.339 e. The molecule has 1 spiro atoms. The first-order valence-electron chi connectivity index (χ1n) is 8.07. The first-order chi connectivity index (χ1) is 12.0. The van der Waals surface area contributed by atoms with Crippen LogP contribution in [0.1, 0.15) is 39.1 Å². The molecule has 0 bridgehead atoms. The fourth-order valence-corrected chi connectivity index (χ4v) is 4.11. The summed E-state index contributed by atoms with van der Waals surface area (Å²) < 4.78 is 5.71. The molecule has 0 saturated carbocycles. The first-order valence-corrected chi connectivity index (χ1v) is 8.83. The predicted octanol–water partition coefficient (Wildman–Crippen LogP) is 4.30. The standard InChI is InChI=1S/C19H15Cl2NO3/c20-12-5-6-14(16(21)11-12)17(23)22-9-7-19(8-10-22)15-4-2-1-3-13(15)18(24)25-19/h1-6,11H,7-10H2. The molecule has 0 radical (unpaired) electrons. The minimum Gasteiger partial charge on any atom is -0.450 e. The molecular weight excluding hydrogens is 361 g/mol. The Bertz CT molecular complexity index is 873. The number of likely N-dealkylation sites (tertiary alicyclic amines) is 1. The van der Waals surface area contributed by atoms with Gasteiger partial charge in [0.05, 0.1) is 16.1 Å². The van der Waals surface area contributed by atoms with Crippen molar-refractivity contribution < 1.29 is 14.3 Å². The molecule has 0 N–H and O–H groups in total. The van der Waals surface area contributed by atoms with Crippen LogP contribution in [0.2, 0.25) is 10.0 Å². The molecule has 0 aliphatic carbocycles. The molecule has 1 fully saturated rings. The van der Waals surface area contributed by atoms with Gasteiger partial charge in [-0.25, -0.2) is 4.79 Å². The van der Waals surface area contributed by atoms with Crippen molar-refractivity contribution in [2.45, 2.75) is 18.4 Å². The number of hydrogen-bond acceptors (Lipinski definition) is 3. The second-order valence-electron chi connectivity index (χ2n) is 6.35. The molecular formula is C19H15Cl2NO3. The molecule has 1 amide bonds. The van der Waals surface area contributed by atoms with E-state index in [1.165, 1.54) is 0 Å². The molecule has 0 aromatic heterocycles. The lowest BCUT2D eigenvalue weighted by Crippen LogP contribution is -2.45. The van der Waals surface area contributed by atoms with Gasteiger partial charge in [0, 0.05) is 36.5 Å². The summed E-state index contributed by atoms with van der Waals surface area (Å²) in [7, 11) is 0. The quantitative estimate of drug-likeness (QED) is 0.698. The highest BCUT2D eigenvalue weighted by molar-refractivity contribution is 6.36. The predicted molar refractivity (Wildman–Crippen MR) is 95.1 cm³/mol. The van der Waals surface area contributed by atoms with Crippen molar-refractivity contribution >= 4 is 35.1 Å². The van der Waals surface area contributed by atoms with E-state index in [0.29, 0.717) is 47.1 Å². The zero-order valence-electron chi connectivity index (χ0n) is 13.3. The molecule has 0 atom stereocenters. The van der Waals surface area contributed by atoms with E-state index in [9.17, 15) is 9.59 Å². The van der Waals surface area contributed by atoms with Crippen LogP contribution in [0.4, 0.5) is 0 Å². The summed E-state index contributed by atoms with van der Waals surface area (Å²) in [6.07, 6.45) is 1.15. The summed E-state index contributed by atoms with van der Waals surface area (Å²) in [5, 5.41) is 0.837. The molecule has 2 heterocycles. The molecule has 2 aromatic carbocycles. The molecule has 0 unspecified atom stereocenters. The summed E-state index contributed by atoms with van der Waals surface area (Å²) in [5.41, 5.74) is 1.37. The van der Waals surface area contributed by atoms with Crippen LogP contribution >= 0.6 is 23.2 Å². The van der Waals surface area contributed by atoms with Crippen LogP contribution in [0.25, 0.3) is 0 Å². The van der Waals surface area contributed by atoms with E-state index >= 15 is 0 Å². The number of piperidine rings is 1. The van der Waals surface area contributed by atoms with Gasteiger partial charge in [0.15, 0.2) is 0 Å². The molecule has 2 aliphatic rings. The Hall–Kier alpha value is -2.04. The van der Waals surface area contributed by atoms with E-state index in [0.717, 1.165) is 5.56 Å². The van der Waals surface area contributed by atoms with Crippen LogP contribution in [0, 0.1) is 0 Å². The van der Waals surface area contributed by atoms with Gasteiger partial charge in [0.2, 0.25) is 0 Å². The van der Waals surface area contributed by atoms with E-state index in [4.69, 9.17) is 27.9 Å². The Kier molecular flexibility index (Phi) is 3.97. The Morgan fingerprint density at radius 2 is 1.80 bits per heavy atom. The lowest BCUT2D eigenvalue weighted by molar-refractivity contribution is -0.0389. The van der Waals surface area contributed by atoms with Crippen LogP contribution in [0.3, 0.4) is 0 Å². The molecule has 6 heteroatoms. The molecule has 25 heavy (non-hydrogen) atoms. The van der Waals surface area contributed by atoms with Crippen molar-refractivity contribution in [3.63, 3.8) is 0 Å². The maximum Gasteiger partial charge on any atom is 0.339 e. The second-order valence-corrected chi connectivity index (χ2v) is 7.19. The van der Waals surface area contributed by atoms with Crippen molar-refractivity contribution in [3.05, 3.63) is 69.2 Å². The number of rotatable bonds is 1. The van der Waals surface area contributed by atoms with Crippen molar-refractivity contribution in [3.8, 4) is 0 Å². The molecule has 4 nitrogen and oxygen atoms in total. The lowest BCUT2D eigenvalue weighted by Gasteiger charge is -2.38. The van der Waals surface area contributed by atoms with Crippen molar-refractivity contribution in [1.29, 1.82) is 0 Å². The average molecular weight is 376 g/mol. The number of esters is 1. The Morgan fingerprint density at radius 3 is 2.52 bits per heavy atom. The van der Waals surface area contributed by atoms with Gasteiger partial charge in [0.1, 0.15) is 5.60 Å². The van der Waals surface area contributed by atoms with E-state index in [2.05, 4.69) is 0 Å². The third-order valence-electron chi connectivity index (χ3n) is 4.95. The normalized spacial score (nSPS) is 18.2. The Balaban J connectivity index is 1.54. The molecule has 128 valence electrons. The molecule has 2 aromatic rings. The van der Waals surface area contributed by atoms with E-state index in [1.54, 1.807) is 29.2 Å². The monoisotopic (exact) mass is 375 g/mol. The summed E-state index contributed by atoms with van der Waals surface area (Å²) in [6.45, 7) is 0.999. The molecule has 1 saturated heterocycles. The van der Waals surface area contributed by atoms with Crippen molar-refractivity contribution in [2.75, 3.05) is 13.1 Å². The number of carbonyl (C=O) groups is 2.